The maximum absolute atomic E-state index is 12.3. The number of thiophene rings is 1. The van der Waals surface area contributed by atoms with E-state index in [0.717, 1.165) is 22.7 Å². The quantitative estimate of drug-likeness (QED) is 0.698. The van der Waals surface area contributed by atoms with E-state index in [1.807, 2.05) is 47.7 Å². The Morgan fingerprint density at radius 2 is 2.00 bits per heavy atom. The molecule has 0 saturated carbocycles. The number of benzene rings is 1. The first-order valence-electron chi connectivity index (χ1n) is 7.28. The largest absolute Gasteiger partial charge is 0.342 e. The first-order chi connectivity index (χ1) is 11.7. The summed E-state index contributed by atoms with van der Waals surface area (Å²) in [5.41, 5.74) is 3.39. The van der Waals surface area contributed by atoms with Crippen molar-refractivity contribution < 1.29 is 4.79 Å². The van der Waals surface area contributed by atoms with Crippen LogP contribution < -0.4 is 10.2 Å². The lowest BCUT2D eigenvalue weighted by molar-refractivity contribution is 0.103. The van der Waals surface area contributed by atoms with Gasteiger partial charge < -0.3 is 10.2 Å². The Kier molecular flexibility index (Phi) is 4.67. The molecule has 1 N–H and O–H groups in total. The van der Waals surface area contributed by atoms with Crippen molar-refractivity contribution in [2.24, 2.45) is 4.99 Å². The minimum absolute atomic E-state index is 0.138. The highest BCUT2D eigenvalue weighted by atomic mass is 32.1. The lowest BCUT2D eigenvalue weighted by Gasteiger charge is -2.19. The van der Waals surface area contributed by atoms with Gasteiger partial charge in [0.25, 0.3) is 5.91 Å². The second-order valence-electron chi connectivity index (χ2n) is 5.07. The van der Waals surface area contributed by atoms with E-state index in [9.17, 15) is 4.79 Å². The highest BCUT2D eigenvalue weighted by Crippen LogP contribution is 2.34. The van der Waals surface area contributed by atoms with E-state index in [0.29, 0.717) is 4.88 Å². The maximum Gasteiger partial charge on any atom is 0.265 e. The molecule has 0 bridgehead atoms. The van der Waals surface area contributed by atoms with E-state index in [-0.39, 0.29) is 5.91 Å². The lowest BCUT2D eigenvalue weighted by atomic mass is 10.2. The topological polar surface area (TPSA) is 57.6 Å². The Labute approximate surface area is 144 Å². The van der Waals surface area contributed by atoms with Gasteiger partial charge in [-0.2, -0.15) is 0 Å². The fourth-order valence-corrected chi connectivity index (χ4v) is 3.09. The monoisotopic (exact) mass is 336 g/mol. The Morgan fingerprint density at radius 1 is 1.25 bits per heavy atom. The number of para-hydroxylation sites is 2. The third-order valence-electron chi connectivity index (χ3n) is 3.55. The number of rotatable bonds is 5. The second-order valence-corrected chi connectivity index (χ2v) is 5.98. The highest BCUT2D eigenvalue weighted by molar-refractivity contribution is 7.12. The first kappa shape index (κ1) is 15.9. The summed E-state index contributed by atoms with van der Waals surface area (Å²) in [6.07, 6.45) is 3.28. The summed E-state index contributed by atoms with van der Waals surface area (Å²) >= 11 is 1.40. The minimum atomic E-state index is -0.138. The van der Waals surface area contributed by atoms with Crippen LogP contribution in [0.25, 0.3) is 0 Å². The molecule has 120 valence electrons. The van der Waals surface area contributed by atoms with Gasteiger partial charge in [-0.05, 0) is 37.0 Å². The number of hydrogen-bond acceptors (Lipinski definition) is 5. The minimum Gasteiger partial charge on any atom is -0.342 e. The summed E-state index contributed by atoms with van der Waals surface area (Å²) in [6, 6.07) is 13.1. The predicted molar refractivity (Wildman–Crippen MR) is 100 cm³/mol. The number of pyridine rings is 1. The van der Waals surface area contributed by atoms with E-state index in [1.54, 1.807) is 24.5 Å². The van der Waals surface area contributed by atoms with Gasteiger partial charge >= 0.3 is 0 Å². The van der Waals surface area contributed by atoms with Gasteiger partial charge in [-0.3, -0.25) is 14.8 Å². The normalized spacial score (nSPS) is 10.2. The molecule has 0 unspecified atom stereocenters. The number of carbonyl (C=O) groups is 1. The summed E-state index contributed by atoms with van der Waals surface area (Å²) in [7, 11) is 1.94. The standard InChI is InChI=1S/C18H16N4OS/c1-19-15-5-3-4-6-16(15)22(2)14-11-17(24-12-14)18(23)21-13-7-9-20-10-8-13/h3-12H,1H2,2H3,(H,20,21,23). The van der Waals surface area contributed by atoms with Gasteiger partial charge in [0, 0.05) is 30.5 Å². The van der Waals surface area contributed by atoms with Crippen molar-refractivity contribution in [3.63, 3.8) is 0 Å². The van der Waals surface area contributed by atoms with Gasteiger partial charge in [-0.25, -0.2) is 0 Å². The molecule has 0 spiro atoms. The van der Waals surface area contributed by atoms with Gasteiger partial charge in [0.2, 0.25) is 0 Å². The molecule has 5 nitrogen and oxygen atoms in total. The third-order valence-corrected chi connectivity index (χ3v) is 4.46. The zero-order valence-electron chi connectivity index (χ0n) is 13.1. The van der Waals surface area contributed by atoms with E-state index >= 15 is 0 Å². The molecule has 24 heavy (non-hydrogen) atoms. The van der Waals surface area contributed by atoms with Crippen molar-refractivity contribution >= 4 is 46.7 Å². The van der Waals surface area contributed by atoms with E-state index in [1.165, 1.54) is 11.3 Å². The summed E-state index contributed by atoms with van der Waals surface area (Å²) in [5, 5.41) is 4.80. The van der Waals surface area contributed by atoms with Gasteiger partial charge in [0.15, 0.2) is 0 Å². The summed E-state index contributed by atoms with van der Waals surface area (Å²) in [4.78, 5) is 22.9. The van der Waals surface area contributed by atoms with Crippen LogP contribution in [0, 0.1) is 0 Å². The van der Waals surface area contributed by atoms with E-state index in [2.05, 4.69) is 22.0 Å². The Bertz CT molecular complexity index is 860. The Balaban J connectivity index is 1.80. The number of carbonyl (C=O) groups excluding carboxylic acids is 1. The number of anilines is 3. The smallest absolute Gasteiger partial charge is 0.265 e. The molecule has 6 heteroatoms. The highest BCUT2D eigenvalue weighted by Gasteiger charge is 2.14. The number of amides is 1. The van der Waals surface area contributed by atoms with Crippen molar-refractivity contribution in [2.45, 2.75) is 0 Å². The zero-order valence-corrected chi connectivity index (χ0v) is 14.0. The van der Waals surface area contributed by atoms with Gasteiger partial charge in [-0.15, -0.1) is 11.3 Å². The lowest BCUT2D eigenvalue weighted by Crippen LogP contribution is -2.11. The van der Waals surface area contributed by atoms with Crippen LogP contribution in [0.4, 0.5) is 22.7 Å². The Morgan fingerprint density at radius 3 is 2.75 bits per heavy atom. The van der Waals surface area contributed by atoms with Crippen molar-refractivity contribution in [3.8, 4) is 0 Å². The molecule has 3 rings (SSSR count). The summed E-state index contributed by atoms with van der Waals surface area (Å²) in [5.74, 6) is -0.138. The molecule has 0 aliphatic carbocycles. The average molecular weight is 336 g/mol. The molecule has 1 amide bonds. The zero-order chi connectivity index (χ0) is 16.9. The molecule has 2 aromatic heterocycles. The van der Waals surface area contributed by atoms with Crippen molar-refractivity contribution in [1.29, 1.82) is 0 Å². The second kappa shape index (κ2) is 7.06. The number of nitrogens with zero attached hydrogens (tertiary/aromatic N) is 3. The van der Waals surface area contributed by atoms with E-state index < -0.39 is 0 Å². The van der Waals surface area contributed by atoms with Gasteiger partial charge in [-0.1, -0.05) is 12.1 Å². The third kappa shape index (κ3) is 3.33. The van der Waals surface area contributed by atoms with E-state index in [4.69, 9.17) is 0 Å². The molecule has 0 aliphatic heterocycles. The molecule has 1 aromatic carbocycles. The summed E-state index contributed by atoms with van der Waals surface area (Å²) < 4.78 is 0. The van der Waals surface area contributed by atoms with Crippen molar-refractivity contribution in [3.05, 3.63) is 65.1 Å². The Hall–Kier alpha value is -2.99. The number of nitrogens with one attached hydrogen (secondary N) is 1. The fourth-order valence-electron chi connectivity index (χ4n) is 2.27. The first-order valence-corrected chi connectivity index (χ1v) is 8.16. The number of aliphatic imine (C=N–C) groups is 1. The van der Waals surface area contributed by atoms with Crippen molar-refractivity contribution in [1.82, 2.24) is 4.98 Å². The number of aromatic nitrogens is 1. The molecule has 2 heterocycles. The molecule has 0 saturated heterocycles. The molecule has 0 radical (unpaired) electrons. The van der Waals surface area contributed by atoms with Crippen LogP contribution in [0.3, 0.4) is 0 Å². The van der Waals surface area contributed by atoms with Crippen LogP contribution in [-0.4, -0.2) is 24.7 Å². The molecule has 0 fully saturated rings. The predicted octanol–water partition coefficient (Wildman–Crippen LogP) is 4.50. The van der Waals surface area contributed by atoms with Crippen molar-refractivity contribution in [2.75, 3.05) is 17.3 Å². The van der Waals surface area contributed by atoms with Gasteiger partial charge in [0.1, 0.15) is 0 Å². The fraction of sp³-hybridized carbons (Fsp3) is 0.0556. The molecule has 0 aliphatic rings. The number of hydrogen-bond donors (Lipinski definition) is 1. The van der Waals surface area contributed by atoms with Crippen LogP contribution in [0.1, 0.15) is 9.67 Å². The SMILES string of the molecule is C=Nc1ccccc1N(C)c1csc(C(=O)Nc2ccncc2)c1. The molecular formula is C18H16N4OS. The van der Waals surface area contributed by atoms with Crippen LogP contribution in [0.2, 0.25) is 0 Å². The molecular weight excluding hydrogens is 320 g/mol. The average Bonchev–Trinajstić information content (AvgIpc) is 3.12. The molecule has 3 aromatic rings. The van der Waals surface area contributed by atoms with Crippen LogP contribution in [0.5, 0.6) is 0 Å². The maximum atomic E-state index is 12.3. The summed E-state index contributed by atoms with van der Waals surface area (Å²) in [6.45, 7) is 3.60. The van der Waals surface area contributed by atoms with Crippen LogP contribution >= 0.6 is 11.3 Å². The van der Waals surface area contributed by atoms with Crippen LogP contribution in [-0.2, 0) is 0 Å². The van der Waals surface area contributed by atoms with Gasteiger partial charge in [0.05, 0.1) is 21.9 Å². The molecule has 0 atom stereocenters. The van der Waals surface area contributed by atoms with Crippen LogP contribution in [0.15, 0.2) is 65.2 Å².